The maximum absolute atomic E-state index is 11.9. The fourth-order valence-corrected chi connectivity index (χ4v) is 2.86. The van der Waals surface area contributed by atoms with Gasteiger partial charge in [-0.25, -0.2) is 9.59 Å². The number of anilines is 1. The number of rotatable bonds is 5. The van der Waals surface area contributed by atoms with E-state index in [2.05, 4.69) is 20.4 Å². The molecule has 1 fully saturated rings. The molecule has 0 radical (unpaired) electrons. The zero-order chi connectivity index (χ0) is 18.8. The van der Waals surface area contributed by atoms with E-state index in [0.717, 1.165) is 37.5 Å². The van der Waals surface area contributed by atoms with Gasteiger partial charge in [0.25, 0.3) is 0 Å². The highest BCUT2D eigenvalue weighted by molar-refractivity contribution is 7.15. The smallest absolute Gasteiger partial charge is 0.414 e. The van der Waals surface area contributed by atoms with Crippen molar-refractivity contribution in [2.45, 2.75) is 19.8 Å². The second kappa shape index (κ2) is 10.7. The van der Waals surface area contributed by atoms with Crippen LogP contribution in [0.3, 0.4) is 0 Å². The highest BCUT2D eigenvalue weighted by Crippen LogP contribution is 2.17. The Morgan fingerprint density at radius 1 is 1.24 bits per heavy atom. The first-order valence-corrected chi connectivity index (χ1v) is 8.41. The van der Waals surface area contributed by atoms with Crippen molar-refractivity contribution in [3.05, 3.63) is 5.01 Å². The lowest BCUT2D eigenvalue weighted by atomic mass is 9.98. The summed E-state index contributed by atoms with van der Waals surface area (Å²) in [5.41, 5.74) is 0. The van der Waals surface area contributed by atoms with Gasteiger partial charge < -0.3 is 14.9 Å². The van der Waals surface area contributed by atoms with Crippen molar-refractivity contribution < 1.29 is 29.3 Å². The average molecular weight is 374 g/mol. The highest BCUT2D eigenvalue weighted by atomic mass is 32.1. The molecule has 0 bridgehead atoms. The molecule has 0 atom stereocenters. The topological polar surface area (TPSA) is 142 Å². The average Bonchev–Trinajstić information content (AvgIpc) is 2.95. The Bertz CT molecular complexity index is 574. The van der Waals surface area contributed by atoms with Gasteiger partial charge in [-0.3, -0.25) is 15.0 Å². The van der Waals surface area contributed by atoms with E-state index < -0.39 is 11.9 Å². The maximum atomic E-state index is 11.9. The third-order valence-electron chi connectivity index (χ3n) is 3.43. The van der Waals surface area contributed by atoms with Gasteiger partial charge in [-0.05, 0) is 38.8 Å². The molecule has 0 aliphatic carbocycles. The Morgan fingerprint density at radius 2 is 1.84 bits per heavy atom. The quantitative estimate of drug-likeness (QED) is 0.620. The molecule has 0 aromatic carbocycles. The summed E-state index contributed by atoms with van der Waals surface area (Å²) in [5.74, 6) is -3.03. The Labute approximate surface area is 148 Å². The lowest BCUT2D eigenvalue weighted by Gasteiger charge is -2.30. The highest BCUT2D eigenvalue weighted by Gasteiger charge is 2.21. The van der Waals surface area contributed by atoms with Crippen molar-refractivity contribution in [1.29, 1.82) is 0 Å². The lowest BCUT2D eigenvalue weighted by molar-refractivity contribution is -0.159. The second-order valence-corrected chi connectivity index (χ2v) is 6.64. The molecule has 3 N–H and O–H groups in total. The van der Waals surface area contributed by atoms with E-state index in [1.807, 2.05) is 6.92 Å². The molecule has 25 heavy (non-hydrogen) atoms. The molecule has 10 nitrogen and oxygen atoms in total. The van der Waals surface area contributed by atoms with Gasteiger partial charge in [0.15, 0.2) is 0 Å². The normalized spacial score (nSPS) is 15.1. The number of carboxylic acid groups (broad SMARTS) is 2. The summed E-state index contributed by atoms with van der Waals surface area (Å²) in [6.45, 7) is 5.03. The van der Waals surface area contributed by atoms with Gasteiger partial charge in [0, 0.05) is 13.7 Å². The molecule has 1 aromatic rings. The van der Waals surface area contributed by atoms with Gasteiger partial charge in [-0.1, -0.05) is 11.3 Å². The van der Waals surface area contributed by atoms with E-state index in [0.29, 0.717) is 17.6 Å². The van der Waals surface area contributed by atoms with E-state index in [1.165, 1.54) is 11.3 Å². The van der Waals surface area contributed by atoms with E-state index in [1.54, 1.807) is 7.11 Å². The molecule has 1 aliphatic rings. The molecule has 2 heterocycles. The van der Waals surface area contributed by atoms with E-state index in [9.17, 15) is 4.79 Å². The molecule has 140 valence electrons. The van der Waals surface area contributed by atoms with Gasteiger partial charge in [0.2, 0.25) is 11.0 Å². The maximum Gasteiger partial charge on any atom is 0.414 e. The minimum absolute atomic E-state index is 0.0126. The number of aliphatic carboxylic acids is 2. The van der Waals surface area contributed by atoms with Crippen molar-refractivity contribution in [3.8, 4) is 0 Å². The van der Waals surface area contributed by atoms with Crippen molar-refractivity contribution in [2.24, 2.45) is 5.92 Å². The van der Waals surface area contributed by atoms with Gasteiger partial charge in [0.1, 0.15) is 5.01 Å². The van der Waals surface area contributed by atoms with Crippen molar-refractivity contribution in [2.75, 3.05) is 38.7 Å². The van der Waals surface area contributed by atoms with Crippen LogP contribution in [0.2, 0.25) is 0 Å². The fraction of sp³-hybridized carbons (Fsp3) is 0.643. The van der Waals surface area contributed by atoms with Crippen LogP contribution in [0.1, 0.15) is 17.8 Å². The van der Waals surface area contributed by atoms with Crippen molar-refractivity contribution in [1.82, 2.24) is 15.1 Å². The first-order valence-electron chi connectivity index (χ1n) is 7.59. The number of nitrogens with zero attached hydrogens (tertiary/aromatic N) is 3. The second-order valence-electron chi connectivity index (χ2n) is 5.46. The standard InChI is InChI=1S/C12H20N4O2S.C2H2O4/c1-9-14-15-12(19-9)13-11(17)7-16-5-3-10(4-6-16)8-18-2;3-1(4)2(5)6/h10H,3-8H2,1-2H3,(H,13,15,17);(H,3,4)(H,5,6). The van der Waals surface area contributed by atoms with Crippen molar-refractivity contribution in [3.63, 3.8) is 0 Å². The summed E-state index contributed by atoms with van der Waals surface area (Å²) in [4.78, 5) is 32.2. The number of amides is 1. The molecule has 0 unspecified atom stereocenters. The molecule has 0 spiro atoms. The number of hydrogen-bond donors (Lipinski definition) is 3. The molecule has 11 heteroatoms. The molecule has 1 saturated heterocycles. The van der Waals surface area contributed by atoms with Crippen LogP contribution in [-0.4, -0.2) is 76.5 Å². The zero-order valence-corrected chi connectivity index (χ0v) is 14.9. The number of aromatic nitrogens is 2. The summed E-state index contributed by atoms with van der Waals surface area (Å²) in [5, 5.41) is 26.8. The molecule has 2 rings (SSSR count). The third kappa shape index (κ3) is 8.52. The van der Waals surface area contributed by atoms with Gasteiger partial charge in [0.05, 0.1) is 6.54 Å². The zero-order valence-electron chi connectivity index (χ0n) is 14.1. The molecule has 1 aromatic heterocycles. The van der Waals surface area contributed by atoms with Crippen LogP contribution in [0.25, 0.3) is 0 Å². The summed E-state index contributed by atoms with van der Waals surface area (Å²) in [7, 11) is 1.74. The van der Waals surface area contributed by atoms with E-state index in [-0.39, 0.29) is 5.91 Å². The van der Waals surface area contributed by atoms with Crippen LogP contribution in [0, 0.1) is 12.8 Å². The Hall–Kier alpha value is -2.11. The number of aryl methyl sites for hydroxylation is 1. The Balaban J connectivity index is 0.000000450. The van der Waals surface area contributed by atoms with Crippen LogP contribution < -0.4 is 5.32 Å². The third-order valence-corrected chi connectivity index (χ3v) is 4.19. The number of hydrogen-bond acceptors (Lipinski definition) is 8. The monoisotopic (exact) mass is 374 g/mol. The fourth-order valence-electron chi connectivity index (χ4n) is 2.26. The summed E-state index contributed by atoms with van der Waals surface area (Å²) < 4.78 is 5.17. The summed E-state index contributed by atoms with van der Waals surface area (Å²) in [6, 6.07) is 0. The molecular weight excluding hydrogens is 352 g/mol. The SMILES string of the molecule is COCC1CCN(CC(=O)Nc2nnc(C)s2)CC1.O=C(O)C(=O)O. The predicted molar refractivity (Wildman–Crippen MR) is 89.6 cm³/mol. The number of likely N-dealkylation sites (tertiary alicyclic amines) is 1. The number of carbonyl (C=O) groups is 3. The lowest BCUT2D eigenvalue weighted by Crippen LogP contribution is -2.40. The molecule has 1 amide bonds. The van der Waals surface area contributed by atoms with Gasteiger partial charge in [-0.2, -0.15) is 0 Å². The molecule has 1 aliphatic heterocycles. The number of ether oxygens (including phenoxy) is 1. The summed E-state index contributed by atoms with van der Waals surface area (Å²) in [6.07, 6.45) is 2.19. The number of methoxy groups -OCH3 is 1. The van der Waals surface area contributed by atoms with Crippen LogP contribution >= 0.6 is 11.3 Å². The first-order chi connectivity index (χ1) is 11.8. The largest absolute Gasteiger partial charge is 0.473 e. The Morgan fingerprint density at radius 3 is 2.28 bits per heavy atom. The Kier molecular flexibility index (Phi) is 8.95. The van der Waals surface area contributed by atoms with Gasteiger partial charge in [-0.15, -0.1) is 10.2 Å². The number of carboxylic acids is 2. The number of nitrogens with one attached hydrogen (secondary N) is 1. The van der Waals surface area contributed by atoms with Gasteiger partial charge >= 0.3 is 11.9 Å². The predicted octanol–water partition coefficient (Wildman–Crippen LogP) is 0.299. The van der Waals surface area contributed by atoms with E-state index in [4.69, 9.17) is 24.5 Å². The minimum Gasteiger partial charge on any atom is -0.473 e. The van der Waals surface area contributed by atoms with Crippen LogP contribution in [0.4, 0.5) is 5.13 Å². The minimum atomic E-state index is -1.82. The van der Waals surface area contributed by atoms with Crippen LogP contribution in [0.15, 0.2) is 0 Å². The summed E-state index contributed by atoms with van der Waals surface area (Å²) >= 11 is 1.40. The van der Waals surface area contributed by atoms with Crippen LogP contribution in [-0.2, 0) is 19.1 Å². The molecular formula is C14H22N4O6S. The number of piperidine rings is 1. The molecule has 0 saturated carbocycles. The van der Waals surface area contributed by atoms with E-state index >= 15 is 0 Å². The van der Waals surface area contributed by atoms with Crippen LogP contribution in [0.5, 0.6) is 0 Å². The first kappa shape index (κ1) is 20.9. The van der Waals surface area contributed by atoms with Crippen molar-refractivity contribution >= 4 is 34.3 Å². The number of carbonyl (C=O) groups excluding carboxylic acids is 1.